The van der Waals surface area contributed by atoms with E-state index >= 15 is 0 Å². The molecule has 0 bridgehead atoms. The molecule has 0 saturated carbocycles. The predicted molar refractivity (Wildman–Crippen MR) is 118 cm³/mol. The lowest BCUT2D eigenvalue weighted by molar-refractivity contribution is -0.121. The third kappa shape index (κ3) is 7.19. The molecule has 29 heavy (non-hydrogen) atoms. The maximum atomic E-state index is 12.2. The molecule has 0 aliphatic carbocycles. The van der Waals surface area contributed by atoms with E-state index in [1.807, 2.05) is 36.4 Å². The second-order valence-corrected chi connectivity index (χ2v) is 7.98. The number of thiocarbonyl (C=S) groups is 1. The molecule has 6 nitrogen and oxygen atoms in total. The van der Waals surface area contributed by atoms with Crippen LogP contribution in [0.25, 0.3) is 0 Å². The van der Waals surface area contributed by atoms with Gasteiger partial charge >= 0.3 is 0 Å². The highest BCUT2D eigenvalue weighted by Gasteiger charge is 2.14. The molecule has 7 heteroatoms. The summed E-state index contributed by atoms with van der Waals surface area (Å²) in [7, 11) is 0. The second kappa shape index (κ2) is 10.0. The molecule has 0 aliphatic heterocycles. The SMILES string of the molecule is CCc1ccc(OCC(=O)NC(=S)NNC(=O)c2ccc(C(C)(C)C)cc2)cc1. The Morgan fingerprint density at radius 1 is 0.966 bits per heavy atom. The zero-order valence-electron chi connectivity index (χ0n) is 17.2. The van der Waals surface area contributed by atoms with Crippen LogP contribution in [0.4, 0.5) is 0 Å². The number of carbonyl (C=O) groups is 2. The highest BCUT2D eigenvalue weighted by molar-refractivity contribution is 7.80. The molecule has 0 heterocycles. The van der Waals surface area contributed by atoms with Crippen molar-refractivity contribution in [2.45, 2.75) is 39.5 Å². The number of rotatable bonds is 5. The lowest BCUT2D eigenvalue weighted by atomic mass is 9.87. The first-order valence-corrected chi connectivity index (χ1v) is 9.82. The van der Waals surface area contributed by atoms with Gasteiger partial charge in [-0.3, -0.25) is 25.8 Å². The number of hydrogen-bond acceptors (Lipinski definition) is 4. The normalized spacial score (nSPS) is 10.8. The molecular weight excluding hydrogens is 386 g/mol. The number of hydrazine groups is 1. The summed E-state index contributed by atoms with van der Waals surface area (Å²) in [4.78, 5) is 24.1. The maximum absolute atomic E-state index is 12.2. The third-order valence-electron chi connectivity index (χ3n) is 4.26. The summed E-state index contributed by atoms with van der Waals surface area (Å²) >= 11 is 5.02. The number of benzene rings is 2. The smallest absolute Gasteiger partial charge is 0.269 e. The second-order valence-electron chi connectivity index (χ2n) is 7.57. The summed E-state index contributed by atoms with van der Waals surface area (Å²) in [5.41, 5.74) is 7.80. The van der Waals surface area contributed by atoms with Gasteiger partial charge in [-0.2, -0.15) is 0 Å². The van der Waals surface area contributed by atoms with E-state index < -0.39 is 5.91 Å². The Kier molecular flexibility index (Phi) is 7.73. The summed E-state index contributed by atoms with van der Waals surface area (Å²) in [6.07, 6.45) is 0.938. The number of aryl methyl sites for hydroxylation is 1. The van der Waals surface area contributed by atoms with Gasteiger partial charge in [0.25, 0.3) is 11.8 Å². The Morgan fingerprint density at radius 3 is 2.14 bits per heavy atom. The quantitative estimate of drug-likeness (QED) is 0.518. The van der Waals surface area contributed by atoms with Crippen LogP contribution in [-0.4, -0.2) is 23.5 Å². The minimum atomic E-state index is -0.425. The molecule has 154 valence electrons. The molecule has 0 radical (unpaired) electrons. The third-order valence-corrected chi connectivity index (χ3v) is 4.46. The van der Waals surface area contributed by atoms with Crippen molar-refractivity contribution in [2.24, 2.45) is 0 Å². The van der Waals surface area contributed by atoms with E-state index in [9.17, 15) is 9.59 Å². The standard InChI is InChI=1S/C22H27N3O3S/c1-5-15-6-12-18(13-7-15)28-14-19(26)23-21(29)25-24-20(27)16-8-10-17(11-9-16)22(2,3)4/h6-13H,5,14H2,1-4H3,(H,24,27)(H2,23,25,26,29). The molecule has 0 unspecified atom stereocenters. The van der Waals surface area contributed by atoms with Gasteiger partial charge in [-0.05, 0) is 59.4 Å². The molecule has 2 amide bonds. The molecule has 0 fully saturated rings. The molecule has 0 aliphatic rings. The van der Waals surface area contributed by atoms with Gasteiger partial charge in [-0.15, -0.1) is 0 Å². The summed E-state index contributed by atoms with van der Waals surface area (Å²) in [6.45, 7) is 8.20. The van der Waals surface area contributed by atoms with Gasteiger partial charge in [0.05, 0.1) is 0 Å². The highest BCUT2D eigenvalue weighted by atomic mass is 32.1. The molecule has 0 spiro atoms. The van der Waals surface area contributed by atoms with E-state index in [1.165, 1.54) is 5.56 Å². The van der Waals surface area contributed by atoms with Crippen molar-refractivity contribution in [2.75, 3.05) is 6.61 Å². The Morgan fingerprint density at radius 2 is 1.59 bits per heavy atom. The molecule has 2 rings (SSSR count). The molecule has 2 aromatic rings. The number of amides is 2. The fourth-order valence-electron chi connectivity index (χ4n) is 2.47. The van der Waals surface area contributed by atoms with Crippen molar-refractivity contribution in [3.8, 4) is 5.75 Å². The molecule has 0 aromatic heterocycles. The summed E-state index contributed by atoms with van der Waals surface area (Å²) in [5, 5.41) is 2.44. The van der Waals surface area contributed by atoms with Crippen molar-refractivity contribution in [1.82, 2.24) is 16.2 Å². The van der Waals surface area contributed by atoms with Gasteiger partial charge in [0.2, 0.25) is 0 Å². The van der Waals surface area contributed by atoms with E-state index in [1.54, 1.807) is 12.1 Å². The van der Waals surface area contributed by atoms with Crippen molar-refractivity contribution in [3.63, 3.8) is 0 Å². The van der Waals surface area contributed by atoms with E-state index in [0.29, 0.717) is 11.3 Å². The lowest BCUT2D eigenvalue weighted by Crippen LogP contribution is -2.49. The van der Waals surface area contributed by atoms with Crippen LogP contribution in [0.2, 0.25) is 0 Å². The first kappa shape index (κ1) is 22.4. The van der Waals surface area contributed by atoms with Crippen LogP contribution in [0.3, 0.4) is 0 Å². The average molecular weight is 414 g/mol. The van der Waals surface area contributed by atoms with E-state index in [2.05, 4.69) is 43.9 Å². The topological polar surface area (TPSA) is 79.5 Å². The number of hydrogen-bond donors (Lipinski definition) is 3. The lowest BCUT2D eigenvalue weighted by Gasteiger charge is -2.19. The molecule has 2 aromatic carbocycles. The highest BCUT2D eigenvalue weighted by Crippen LogP contribution is 2.22. The first-order valence-electron chi connectivity index (χ1n) is 9.41. The monoisotopic (exact) mass is 413 g/mol. The average Bonchev–Trinajstić information content (AvgIpc) is 2.70. The van der Waals surface area contributed by atoms with Gasteiger partial charge in [-0.25, -0.2) is 0 Å². The van der Waals surface area contributed by atoms with Crippen molar-refractivity contribution in [1.29, 1.82) is 0 Å². The van der Waals surface area contributed by atoms with E-state index in [-0.39, 0.29) is 23.0 Å². The Labute approximate surface area is 177 Å². The summed E-state index contributed by atoms with van der Waals surface area (Å²) in [5.74, 6) is -0.177. The fourth-order valence-corrected chi connectivity index (χ4v) is 2.64. The minimum absolute atomic E-state index is 0.0131. The van der Waals surface area contributed by atoms with Crippen molar-refractivity contribution >= 4 is 29.1 Å². The van der Waals surface area contributed by atoms with E-state index in [0.717, 1.165) is 12.0 Å². The van der Waals surface area contributed by atoms with Gasteiger partial charge in [0.1, 0.15) is 5.75 Å². The molecule has 3 N–H and O–H groups in total. The predicted octanol–water partition coefficient (Wildman–Crippen LogP) is 3.26. The Hall–Kier alpha value is -2.93. The van der Waals surface area contributed by atoms with Gasteiger partial charge < -0.3 is 4.74 Å². The minimum Gasteiger partial charge on any atom is -0.484 e. The van der Waals surface area contributed by atoms with Crippen LogP contribution in [-0.2, 0) is 16.6 Å². The van der Waals surface area contributed by atoms with Crippen molar-refractivity contribution in [3.05, 3.63) is 65.2 Å². The summed E-state index contributed by atoms with van der Waals surface area (Å²) < 4.78 is 5.41. The molecular formula is C22H27N3O3S. The van der Waals surface area contributed by atoms with E-state index in [4.69, 9.17) is 17.0 Å². The van der Waals surface area contributed by atoms with Crippen LogP contribution in [0, 0.1) is 0 Å². The van der Waals surface area contributed by atoms with Crippen LogP contribution in [0.5, 0.6) is 5.75 Å². The molecule has 0 atom stereocenters. The van der Waals surface area contributed by atoms with Gasteiger partial charge in [-0.1, -0.05) is 52.0 Å². The van der Waals surface area contributed by atoms with Crippen LogP contribution in [0.1, 0.15) is 49.2 Å². The van der Waals surface area contributed by atoms with Crippen LogP contribution >= 0.6 is 12.2 Å². The first-order chi connectivity index (χ1) is 13.7. The summed E-state index contributed by atoms with van der Waals surface area (Å²) in [6, 6.07) is 14.8. The molecule has 0 saturated heterocycles. The van der Waals surface area contributed by atoms with Gasteiger partial charge in [0.15, 0.2) is 11.7 Å². The fraction of sp³-hybridized carbons (Fsp3) is 0.318. The van der Waals surface area contributed by atoms with Crippen LogP contribution in [0.15, 0.2) is 48.5 Å². The Balaban J connectivity index is 1.75. The van der Waals surface area contributed by atoms with Crippen LogP contribution < -0.4 is 20.9 Å². The largest absolute Gasteiger partial charge is 0.484 e. The maximum Gasteiger partial charge on any atom is 0.269 e. The number of ether oxygens (including phenoxy) is 1. The number of nitrogens with one attached hydrogen (secondary N) is 3. The number of carbonyl (C=O) groups excluding carboxylic acids is 2. The Bertz CT molecular complexity index is 856. The zero-order chi connectivity index (χ0) is 21.4. The zero-order valence-corrected chi connectivity index (χ0v) is 18.0. The van der Waals surface area contributed by atoms with Gasteiger partial charge in [0, 0.05) is 5.56 Å². The van der Waals surface area contributed by atoms with Crippen molar-refractivity contribution < 1.29 is 14.3 Å².